The number of carbonyl (C=O) groups is 3. The number of nitrogens with one attached hydrogen (secondary N) is 2. The van der Waals surface area contributed by atoms with Gasteiger partial charge in [-0.25, -0.2) is 0 Å². The van der Waals surface area contributed by atoms with Crippen molar-refractivity contribution in [2.45, 2.75) is 50.8 Å². The first-order valence-corrected chi connectivity index (χ1v) is 13.1. The molecule has 2 N–H and O–H groups in total. The number of rotatable bonds is 7. The van der Waals surface area contributed by atoms with Crippen molar-refractivity contribution in [1.29, 1.82) is 0 Å². The summed E-state index contributed by atoms with van der Waals surface area (Å²) in [5, 5.41) is 6.18. The summed E-state index contributed by atoms with van der Waals surface area (Å²) in [6.07, 6.45) is 3.46. The third-order valence-electron chi connectivity index (χ3n) is 6.25. The smallest absolute Gasteiger partial charge is 0.262 e. The van der Waals surface area contributed by atoms with E-state index in [0.29, 0.717) is 11.3 Å². The average molecular weight is 493 g/mol. The summed E-state index contributed by atoms with van der Waals surface area (Å²) in [5.74, 6) is -0.514. The van der Waals surface area contributed by atoms with Crippen molar-refractivity contribution in [3.05, 3.63) is 65.7 Å². The molecule has 3 amide bonds. The van der Waals surface area contributed by atoms with Gasteiger partial charge in [-0.3, -0.25) is 14.4 Å². The Labute approximate surface area is 210 Å². The number of piperidine rings is 1. The van der Waals surface area contributed by atoms with Gasteiger partial charge in [0.15, 0.2) is 5.17 Å². The number of hydrogen-bond acceptors (Lipinski definition) is 5. The first kappa shape index (κ1) is 25.0. The van der Waals surface area contributed by atoms with E-state index in [1.54, 1.807) is 24.3 Å². The van der Waals surface area contributed by atoms with E-state index in [4.69, 9.17) is 0 Å². The SMILES string of the molecule is CC(C)[C@@H](NC(=O)c1cccc(NC(=O)C[C@H]2SC(N3CCCCC3)=NC2=O)c1)c1ccccc1. The number of likely N-dealkylation sites (tertiary alicyclic amines) is 1. The van der Waals surface area contributed by atoms with Crippen LogP contribution in [0.2, 0.25) is 0 Å². The quantitative estimate of drug-likeness (QED) is 0.588. The zero-order valence-electron chi connectivity index (χ0n) is 20.2. The zero-order valence-corrected chi connectivity index (χ0v) is 21.0. The highest BCUT2D eigenvalue weighted by Crippen LogP contribution is 2.29. The molecule has 2 aliphatic rings. The Balaban J connectivity index is 1.34. The van der Waals surface area contributed by atoms with E-state index >= 15 is 0 Å². The molecule has 0 unspecified atom stereocenters. The van der Waals surface area contributed by atoms with Gasteiger partial charge in [-0.1, -0.05) is 62.0 Å². The third kappa shape index (κ3) is 6.51. The molecule has 0 bridgehead atoms. The maximum absolute atomic E-state index is 13.0. The molecule has 2 aromatic rings. The van der Waals surface area contributed by atoms with Crippen molar-refractivity contribution in [3.63, 3.8) is 0 Å². The van der Waals surface area contributed by atoms with Crippen LogP contribution in [0.4, 0.5) is 5.69 Å². The van der Waals surface area contributed by atoms with E-state index in [2.05, 4.69) is 34.4 Å². The van der Waals surface area contributed by atoms with E-state index in [9.17, 15) is 14.4 Å². The Bertz CT molecular complexity index is 1100. The highest BCUT2D eigenvalue weighted by Gasteiger charge is 2.33. The van der Waals surface area contributed by atoms with Crippen LogP contribution < -0.4 is 10.6 Å². The molecule has 2 atom stereocenters. The maximum atomic E-state index is 13.0. The minimum absolute atomic E-state index is 0.0458. The van der Waals surface area contributed by atoms with Gasteiger partial charge in [0, 0.05) is 30.8 Å². The van der Waals surface area contributed by atoms with Crippen LogP contribution in [0.15, 0.2) is 59.6 Å². The molecule has 0 aromatic heterocycles. The minimum Gasteiger partial charge on any atom is -0.351 e. The predicted molar refractivity (Wildman–Crippen MR) is 140 cm³/mol. The number of nitrogens with zero attached hydrogens (tertiary/aromatic N) is 2. The minimum atomic E-state index is -0.504. The molecule has 7 nitrogen and oxygen atoms in total. The highest BCUT2D eigenvalue weighted by molar-refractivity contribution is 8.15. The first-order valence-electron chi connectivity index (χ1n) is 12.2. The van der Waals surface area contributed by atoms with Gasteiger partial charge >= 0.3 is 0 Å². The Morgan fingerprint density at radius 3 is 2.51 bits per heavy atom. The van der Waals surface area contributed by atoms with E-state index in [-0.39, 0.29) is 36.1 Å². The molecular formula is C27H32N4O3S. The van der Waals surface area contributed by atoms with Crippen LogP contribution in [0, 0.1) is 5.92 Å². The number of amides is 3. The second-order valence-corrected chi connectivity index (χ2v) is 10.5. The fraction of sp³-hybridized carbons (Fsp3) is 0.407. The van der Waals surface area contributed by atoms with Crippen LogP contribution in [-0.4, -0.2) is 46.1 Å². The van der Waals surface area contributed by atoms with E-state index in [1.807, 2.05) is 30.3 Å². The van der Waals surface area contributed by atoms with Gasteiger partial charge in [0.2, 0.25) is 5.91 Å². The highest BCUT2D eigenvalue weighted by atomic mass is 32.2. The molecule has 1 fully saturated rings. The Morgan fingerprint density at radius 1 is 1.06 bits per heavy atom. The average Bonchev–Trinajstić information content (AvgIpc) is 3.23. The number of hydrogen-bond donors (Lipinski definition) is 2. The number of aliphatic imine (C=N–C) groups is 1. The second kappa shape index (κ2) is 11.5. The lowest BCUT2D eigenvalue weighted by molar-refractivity contribution is -0.121. The van der Waals surface area contributed by atoms with Crippen molar-refractivity contribution in [2.75, 3.05) is 18.4 Å². The van der Waals surface area contributed by atoms with Crippen molar-refractivity contribution in [3.8, 4) is 0 Å². The fourth-order valence-corrected chi connectivity index (χ4v) is 5.49. The summed E-state index contributed by atoms with van der Waals surface area (Å²) in [6.45, 7) is 5.96. The molecule has 2 aromatic carbocycles. The Hall–Kier alpha value is -3.13. The standard InChI is InChI=1S/C27H32N4O3S/c1-18(2)24(19-10-5-3-6-11-19)29-25(33)20-12-9-13-21(16-20)28-23(32)17-22-26(34)30-27(35-22)31-14-7-4-8-15-31/h3,5-6,9-13,16,18,22,24H,4,7-8,14-15,17H2,1-2H3,(H,28,32)(H,29,33)/t22-,24-/m1/s1. The lowest BCUT2D eigenvalue weighted by Gasteiger charge is -2.27. The second-order valence-electron chi connectivity index (χ2n) is 9.33. The van der Waals surface area contributed by atoms with Crippen molar-refractivity contribution >= 4 is 40.3 Å². The molecule has 184 valence electrons. The normalized spacial score (nSPS) is 18.8. The fourth-order valence-electron chi connectivity index (χ4n) is 4.37. The van der Waals surface area contributed by atoms with E-state index in [0.717, 1.165) is 36.7 Å². The summed E-state index contributed by atoms with van der Waals surface area (Å²) in [5.41, 5.74) is 2.03. The Morgan fingerprint density at radius 2 is 1.80 bits per heavy atom. The Kier molecular flexibility index (Phi) is 8.23. The first-order chi connectivity index (χ1) is 16.9. The summed E-state index contributed by atoms with van der Waals surface area (Å²) in [7, 11) is 0. The topological polar surface area (TPSA) is 90.9 Å². The van der Waals surface area contributed by atoms with Crippen molar-refractivity contribution < 1.29 is 14.4 Å². The molecule has 8 heteroatoms. The number of carbonyl (C=O) groups excluding carboxylic acids is 3. The number of benzene rings is 2. The lowest BCUT2D eigenvalue weighted by Crippen LogP contribution is -2.33. The third-order valence-corrected chi connectivity index (χ3v) is 7.46. The summed E-state index contributed by atoms with van der Waals surface area (Å²) in [4.78, 5) is 44.4. The molecular weight excluding hydrogens is 460 g/mol. The predicted octanol–water partition coefficient (Wildman–Crippen LogP) is 4.63. The van der Waals surface area contributed by atoms with Gasteiger partial charge < -0.3 is 15.5 Å². The van der Waals surface area contributed by atoms with E-state index < -0.39 is 5.25 Å². The maximum Gasteiger partial charge on any atom is 0.262 e. The van der Waals surface area contributed by atoms with Crippen LogP contribution in [0.3, 0.4) is 0 Å². The molecule has 0 spiro atoms. The van der Waals surface area contributed by atoms with Gasteiger partial charge in [0.25, 0.3) is 11.8 Å². The molecule has 1 saturated heterocycles. The monoisotopic (exact) mass is 492 g/mol. The van der Waals surface area contributed by atoms with Gasteiger partial charge in [0.05, 0.1) is 6.04 Å². The van der Waals surface area contributed by atoms with Crippen LogP contribution in [0.25, 0.3) is 0 Å². The molecule has 2 heterocycles. The van der Waals surface area contributed by atoms with Gasteiger partial charge in [0.1, 0.15) is 5.25 Å². The zero-order chi connectivity index (χ0) is 24.8. The van der Waals surface area contributed by atoms with Crippen molar-refractivity contribution in [1.82, 2.24) is 10.2 Å². The van der Waals surface area contributed by atoms with Crippen LogP contribution in [-0.2, 0) is 9.59 Å². The van der Waals surface area contributed by atoms with Crippen molar-refractivity contribution in [2.24, 2.45) is 10.9 Å². The molecule has 0 radical (unpaired) electrons. The molecule has 2 aliphatic heterocycles. The molecule has 35 heavy (non-hydrogen) atoms. The van der Waals surface area contributed by atoms with Gasteiger partial charge in [-0.2, -0.15) is 4.99 Å². The van der Waals surface area contributed by atoms with Gasteiger partial charge in [-0.05, 0) is 48.9 Å². The molecule has 0 saturated carbocycles. The number of thioether (sulfide) groups is 1. The molecule has 0 aliphatic carbocycles. The van der Waals surface area contributed by atoms with Crippen LogP contribution in [0.5, 0.6) is 0 Å². The van der Waals surface area contributed by atoms with Crippen LogP contribution in [0.1, 0.15) is 61.5 Å². The number of anilines is 1. The summed E-state index contributed by atoms with van der Waals surface area (Å²) in [6, 6.07) is 16.6. The van der Waals surface area contributed by atoms with Gasteiger partial charge in [-0.15, -0.1) is 0 Å². The molecule has 4 rings (SSSR count). The van der Waals surface area contributed by atoms with E-state index in [1.165, 1.54) is 18.2 Å². The number of amidine groups is 1. The summed E-state index contributed by atoms with van der Waals surface area (Å²) < 4.78 is 0. The lowest BCUT2D eigenvalue weighted by atomic mass is 9.95. The largest absolute Gasteiger partial charge is 0.351 e. The summed E-state index contributed by atoms with van der Waals surface area (Å²) >= 11 is 1.38. The van der Waals surface area contributed by atoms with Crippen LogP contribution >= 0.6 is 11.8 Å².